The third kappa shape index (κ3) is 3.56. The van der Waals surface area contributed by atoms with Gasteiger partial charge >= 0.3 is 11.8 Å². The number of esters is 1. The second-order valence-electron chi connectivity index (χ2n) is 5.06. The van der Waals surface area contributed by atoms with Crippen molar-refractivity contribution in [2.45, 2.75) is 32.0 Å². The van der Waals surface area contributed by atoms with Gasteiger partial charge in [0.15, 0.2) is 11.5 Å². The quantitative estimate of drug-likeness (QED) is 0.827. The van der Waals surface area contributed by atoms with E-state index in [4.69, 9.17) is 9.47 Å². The van der Waals surface area contributed by atoms with E-state index < -0.39 is 11.8 Å². The first-order valence-corrected chi connectivity index (χ1v) is 7.72. The van der Waals surface area contributed by atoms with Gasteiger partial charge in [-0.2, -0.15) is 0 Å². The first kappa shape index (κ1) is 16.7. The lowest BCUT2D eigenvalue weighted by Crippen LogP contribution is -2.46. The molecule has 1 aliphatic heterocycles. The van der Waals surface area contributed by atoms with E-state index in [1.165, 1.54) is 6.92 Å². The van der Waals surface area contributed by atoms with Gasteiger partial charge < -0.3 is 14.6 Å². The number of ether oxygens (including phenoxy) is 2. The molecular formula is C16H17BrO5. The highest BCUT2D eigenvalue weighted by Crippen LogP contribution is 2.37. The smallest absolute Gasteiger partial charge is 0.379 e. The van der Waals surface area contributed by atoms with Crippen molar-refractivity contribution in [1.82, 2.24) is 0 Å². The minimum atomic E-state index is -2.15. The molecule has 2 atom stereocenters. The second-order valence-corrected chi connectivity index (χ2v) is 5.97. The number of rotatable bonds is 4. The van der Waals surface area contributed by atoms with Gasteiger partial charge in [0.25, 0.3) is 0 Å². The number of allylic oxidation sites excluding steroid dienone is 2. The van der Waals surface area contributed by atoms with Gasteiger partial charge in [-0.3, -0.25) is 4.79 Å². The van der Waals surface area contributed by atoms with E-state index in [0.717, 1.165) is 10.0 Å². The molecule has 0 fully saturated rings. The van der Waals surface area contributed by atoms with E-state index >= 15 is 0 Å². The number of carbonyl (C=O) groups is 2. The second kappa shape index (κ2) is 6.62. The highest BCUT2D eigenvalue weighted by atomic mass is 79.9. The van der Waals surface area contributed by atoms with Crippen LogP contribution in [0.2, 0.25) is 0 Å². The molecule has 118 valence electrons. The summed E-state index contributed by atoms with van der Waals surface area (Å²) in [5.41, 5.74) is 0.868. The Morgan fingerprint density at radius 1 is 1.41 bits per heavy atom. The summed E-state index contributed by atoms with van der Waals surface area (Å²) in [5, 5.41) is 10.5. The predicted octanol–water partition coefficient (Wildman–Crippen LogP) is 2.68. The normalized spacial score (nSPS) is 24.2. The molecule has 0 aliphatic carbocycles. The molecule has 1 N–H and O–H groups in total. The molecule has 0 spiro atoms. The fraction of sp³-hybridized carbons (Fsp3) is 0.375. The topological polar surface area (TPSA) is 72.8 Å². The first-order chi connectivity index (χ1) is 10.4. The summed E-state index contributed by atoms with van der Waals surface area (Å²) in [6.07, 6.45) is 1.61. The Bertz CT molecular complexity index is 607. The Morgan fingerprint density at radius 2 is 2.05 bits per heavy atom. The zero-order valence-corrected chi connectivity index (χ0v) is 13.9. The Hall–Kier alpha value is -1.66. The van der Waals surface area contributed by atoms with Crippen molar-refractivity contribution in [3.63, 3.8) is 0 Å². The van der Waals surface area contributed by atoms with Crippen LogP contribution in [-0.4, -0.2) is 29.3 Å². The van der Waals surface area contributed by atoms with Crippen LogP contribution in [0.1, 0.15) is 31.7 Å². The zero-order valence-electron chi connectivity index (χ0n) is 12.3. The Morgan fingerprint density at radius 3 is 2.59 bits per heavy atom. The van der Waals surface area contributed by atoms with Crippen molar-refractivity contribution in [2.24, 2.45) is 0 Å². The van der Waals surface area contributed by atoms with Crippen molar-refractivity contribution in [3.05, 3.63) is 46.1 Å². The van der Waals surface area contributed by atoms with Gasteiger partial charge in [0.1, 0.15) is 0 Å². The largest absolute Gasteiger partial charge is 0.461 e. The average Bonchev–Trinajstić information content (AvgIpc) is 2.47. The van der Waals surface area contributed by atoms with E-state index in [9.17, 15) is 14.7 Å². The van der Waals surface area contributed by atoms with Crippen molar-refractivity contribution >= 4 is 27.7 Å². The maximum Gasteiger partial charge on any atom is 0.379 e. The standard InChI is InChI=1S/C16H17BrO5/c1-3-21-15(19)16(20)9-12(8-14(22-16)10(2)18)11-4-6-13(17)7-5-11/h4-8,12,20H,3,9H2,1-2H3. The summed E-state index contributed by atoms with van der Waals surface area (Å²) in [4.78, 5) is 23.6. The third-order valence-corrected chi connectivity index (χ3v) is 3.90. The SMILES string of the molecule is CCOC(=O)C1(O)CC(c2ccc(Br)cc2)C=C(C(C)=O)O1. The number of Topliss-reactive ketones (excluding diaryl/α,β-unsaturated/α-hetero) is 1. The van der Waals surface area contributed by atoms with Crippen molar-refractivity contribution in [2.75, 3.05) is 6.61 Å². The average molecular weight is 369 g/mol. The van der Waals surface area contributed by atoms with Crippen LogP contribution in [0.5, 0.6) is 0 Å². The van der Waals surface area contributed by atoms with E-state index in [2.05, 4.69) is 15.9 Å². The van der Waals surface area contributed by atoms with Crippen molar-refractivity contribution < 1.29 is 24.2 Å². The highest BCUT2D eigenvalue weighted by molar-refractivity contribution is 9.10. The minimum Gasteiger partial charge on any atom is -0.461 e. The van der Waals surface area contributed by atoms with Crippen LogP contribution >= 0.6 is 15.9 Å². The lowest BCUT2D eigenvalue weighted by molar-refractivity contribution is -0.221. The van der Waals surface area contributed by atoms with E-state index in [1.54, 1.807) is 13.0 Å². The van der Waals surface area contributed by atoms with Crippen LogP contribution in [0.15, 0.2) is 40.6 Å². The predicted molar refractivity (Wildman–Crippen MR) is 82.9 cm³/mol. The van der Waals surface area contributed by atoms with Gasteiger partial charge in [0, 0.05) is 23.7 Å². The van der Waals surface area contributed by atoms with E-state index in [0.29, 0.717) is 0 Å². The van der Waals surface area contributed by atoms with Gasteiger partial charge in [-0.05, 0) is 30.7 Å². The number of hydrogen-bond donors (Lipinski definition) is 1. The minimum absolute atomic E-state index is 0.00968. The first-order valence-electron chi connectivity index (χ1n) is 6.92. The summed E-state index contributed by atoms with van der Waals surface area (Å²) in [7, 11) is 0. The fourth-order valence-electron chi connectivity index (χ4n) is 2.28. The molecule has 1 aromatic carbocycles. The molecule has 1 aliphatic rings. The molecule has 0 bridgehead atoms. The Balaban J connectivity index is 2.37. The van der Waals surface area contributed by atoms with E-state index in [-0.39, 0.29) is 30.5 Å². The van der Waals surface area contributed by atoms with Crippen LogP contribution < -0.4 is 0 Å². The molecule has 5 nitrogen and oxygen atoms in total. The number of carbonyl (C=O) groups excluding carboxylic acids is 2. The molecule has 2 unspecified atom stereocenters. The fourth-order valence-corrected chi connectivity index (χ4v) is 2.54. The Kier molecular flexibility index (Phi) is 5.03. The molecule has 0 amide bonds. The van der Waals surface area contributed by atoms with Gasteiger partial charge in [-0.1, -0.05) is 28.1 Å². The van der Waals surface area contributed by atoms with Crippen LogP contribution in [0.25, 0.3) is 0 Å². The van der Waals surface area contributed by atoms with Gasteiger partial charge in [-0.15, -0.1) is 0 Å². The lowest BCUT2D eigenvalue weighted by Gasteiger charge is -2.34. The van der Waals surface area contributed by atoms with Crippen molar-refractivity contribution in [1.29, 1.82) is 0 Å². The van der Waals surface area contributed by atoms with Crippen LogP contribution in [0.4, 0.5) is 0 Å². The van der Waals surface area contributed by atoms with E-state index in [1.807, 2.05) is 24.3 Å². The number of benzene rings is 1. The molecule has 6 heteroatoms. The van der Waals surface area contributed by atoms with Crippen molar-refractivity contribution in [3.8, 4) is 0 Å². The maximum absolute atomic E-state index is 12.0. The summed E-state index contributed by atoms with van der Waals surface area (Å²) in [6, 6.07) is 7.44. The highest BCUT2D eigenvalue weighted by Gasteiger charge is 2.46. The molecule has 0 aromatic heterocycles. The molecule has 0 saturated heterocycles. The number of ketones is 1. The number of halogens is 1. The summed E-state index contributed by atoms with van der Waals surface area (Å²) < 4.78 is 11.0. The van der Waals surface area contributed by atoms with Crippen LogP contribution in [0.3, 0.4) is 0 Å². The monoisotopic (exact) mass is 368 g/mol. The summed E-state index contributed by atoms with van der Waals surface area (Å²) in [5.74, 6) is -3.75. The molecule has 1 aromatic rings. The van der Waals surface area contributed by atoms with Gasteiger partial charge in [0.05, 0.1) is 6.61 Å². The molecule has 22 heavy (non-hydrogen) atoms. The number of hydrogen-bond acceptors (Lipinski definition) is 5. The summed E-state index contributed by atoms with van der Waals surface area (Å²) >= 11 is 3.35. The zero-order chi connectivity index (χ0) is 16.3. The molecule has 0 radical (unpaired) electrons. The Labute approximate surface area is 137 Å². The van der Waals surface area contributed by atoms with Gasteiger partial charge in [0.2, 0.25) is 0 Å². The molecule has 1 heterocycles. The molecule has 2 rings (SSSR count). The molecule has 0 saturated carbocycles. The third-order valence-electron chi connectivity index (χ3n) is 3.37. The summed E-state index contributed by atoms with van der Waals surface area (Å²) in [6.45, 7) is 3.08. The molecular weight excluding hydrogens is 352 g/mol. The van der Waals surface area contributed by atoms with Crippen LogP contribution in [-0.2, 0) is 19.1 Å². The van der Waals surface area contributed by atoms with Crippen LogP contribution in [0, 0.1) is 0 Å². The van der Waals surface area contributed by atoms with Gasteiger partial charge in [-0.25, -0.2) is 4.79 Å². The maximum atomic E-state index is 12.0. The lowest BCUT2D eigenvalue weighted by atomic mass is 9.88. The number of aliphatic hydroxyl groups is 1.